The monoisotopic (exact) mass is 441 g/mol. The number of fused-ring (bicyclic) bond motifs is 1. The lowest BCUT2D eigenvalue weighted by Gasteiger charge is -2.43. The van der Waals surface area contributed by atoms with Crippen molar-refractivity contribution in [2.75, 3.05) is 13.1 Å². The first-order valence-corrected chi connectivity index (χ1v) is 11.3. The lowest BCUT2D eigenvalue weighted by molar-refractivity contribution is -0.513. The number of nitrogens with zero attached hydrogens (tertiary/aromatic N) is 2. The number of amides is 1. The Morgan fingerprint density at radius 2 is 2.19 bits per heavy atom. The Morgan fingerprint density at radius 1 is 1.41 bits per heavy atom. The number of aliphatic hydroxyl groups is 1. The number of nitrogens with two attached hydrogens (primary N) is 3. The summed E-state index contributed by atoms with van der Waals surface area (Å²) in [6.07, 6.45) is 2.04. The Hall–Kier alpha value is -2.85. The fourth-order valence-electron chi connectivity index (χ4n) is 6.11. The van der Waals surface area contributed by atoms with Crippen LogP contribution in [0.3, 0.4) is 0 Å². The number of rotatable bonds is 3. The van der Waals surface area contributed by atoms with Gasteiger partial charge in [-0.3, -0.25) is 15.5 Å². The van der Waals surface area contributed by atoms with Crippen LogP contribution in [-0.4, -0.2) is 70.8 Å². The number of hydrogen-bond acceptors (Lipinski definition) is 8. The predicted octanol–water partition coefficient (Wildman–Crippen LogP) is -3.21. The van der Waals surface area contributed by atoms with Crippen LogP contribution in [0, 0.1) is 0 Å². The minimum atomic E-state index is -1.02. The summed E-state index contributed by atoms with van der Waals surface area (Å²) in [5.74, 6) is 0.411. The van der Waals surface area contributed by atoms with Crippen LogP contribution >= 0.6 is 0 Å². The molecule has 10 nitrogen and oxygen atoms in total. The largest absolute Gasteiger partial charge is 0.385 e. The minimum Gasteiger partial charge on any atom is -0.385 e. The van der Waals surface area contributed by atoms with E-state index in [9.17, 15) is 9.90 Å². The number of aliphatic imine (C=N–C) groups is 1. The number of carbonyl (C=O) groups is 1. The standard InChI is InChI=1S/C22H32N8O2/c1-21(2)8-4-6-11-12(5-3-7-13(11)21)18(32)26-15-10-30-20(25)27-14(9-23)16-22(30,17(15)31)29-19(24)28-16/h3,5,7,14-17,31H,4,6,8-10,23H2,1-2H3,(H2,25,27)(H,26,32)(H3,24,28,29)/p+1/t14-,15?,16-,17+,22?/m0/s1. The molecule has 3 aliphatic heterocycles. The van der Waals surface area contributed by atoms with Crippen LogP contribution < -0.4 is 32.8 Å². The first-order chi connectivity index (χ1) is 15.2. The van der Waals surface area contributed by atoms with Gasteiger partial charge in [-0.25, -0.2) is 10.3 Å². The molecular weight excluding hydrogens is 408 g/mol. The van der Waals surface area contributed by atoms with Crippen molar-refractivity contribution in [1.29, 1.82) is 0 Å². The van der Waals surface area contributed by atoms with Crippen LogP contribution in [0.25, 0.3) is 0 Å². The molecule has 1 fully saturated rings. The van der Waals surface area contributed by atoms with Crippen molar-refractivity contribution in [3.05, 3.63) is 34.9 Å². The van der Waals surface area contributed by atoms with Crippen molar-refractivity contribution in [2.45, 2.75) is 68.4 Å². The van der Waals surface area contributed by atoms with Crippen molar-refractivity contribution in [1.82, 2.24) is 15.5 Å². The molecule has 5 atom stereocenters. The molecule has 1 amide bonds. The summed E-state index contributed by atoms with van der Waals surface area (Å²) in [5, 5.41) is 17.7. The van der Waals surface area contributed by atoms with Gasteiger partial charge in [0.05, 0.1) is 6.04 Å². The van der Waals surface area contributed by atoms with Gasteiger partial charge in [0.25, 0.3) is 5.91 Å². The molecule has 1 saturated heterocycles. The highest BCUT2D eigenvalue weighted by Crippen LogP contribution is 2.39. The number of aliphatic hydroxyl groups excluding tert-OH is 1. The summed E-state index contributed by atoms with van der Waals surface area (Å²) in [6.45, 7) is 5.00. The first kappa shape index (κ1) is 21.0. The third kappa shape index (κ3) is 2.82. The van der Waals surface area contributed by atoms with Gasteiger partial charge in [0.1, 0.15) is 12.1 Å². The van der Waals surface area contributed by atoms with Crippen LogP contribution in [0.1, 0.15) is 48.2 Å². The highest BCUT2D eigenvalue weighted by Gasteiger charge is 2.68. The Labute approximate surface area is 187 Å². The molecule has 1 aliphatic carbocycles. The molecule has 1 spiro atoms. The summed E-state index contributed by atoms with van der Waals surface area (Å²) >= 11 is 0. The van der Waals surface area contributed by atoms with Crippen molar-refractivity contribution in [3.63, 3.8) is 0 Å². The zero-order valence-electron chi connectivity index (χ0n) is 18.6. The molecule has 10 heteroatoms. The van der Waals surface area contributed by atoms with Crippen molar-refractivity contribution >= 4 is 17.8 Å². The zero-order valence-corrected chi connectivity index (χ0v) is 18.6. The van der Waals surface area contributed by atoms with E-state index >= 15 is 0 Å². The van der Waals surface area contributed by atoms with E-state index in [0.29, 0.717) is 18.1 Å². The Balaban J connectivity index is 1.44. The molecule has 3 heterocycles. The van der Waals surface area contributed by atoms with Gasteiger partial charge in [-0.1, -0.05) is 26.0 Å². The SMILES string of the molecule is CC1(C)CCCc2c(C(=O)NC3CN4C(N)=N[C@@H](CN)[C@@H]5[NH+]=C(N)NC54[C@@H]3O)cccc21. The Bertz CT molecular complexity index is 1020. The fraction of sp³-hybridized carbons (Fsp3) is 0.591. The smallest absolute Gasteiger partial charge is 0.343 e. The molecule has 0 radical (unpaired) electrons. The third-order valence-electron chi connectivity index (χ3n) is 7.67. The Morgan fingerprint density at radius 3 is 2.94 bits per heavy atom. The van der Waals surface area contributed by atoms with Crippen LogP contribution in [-0.2, 0) is 11.8 Å². The van der Waals surface area contributed by atoms with Gasteiger partial charge in [0.2, 0.25) is 5.66 Å². The molecular formula is C22H33N8O2+. The van der Waals surface area contributed by atoms with E-state index in [0.717, 1.165) is 24.8 Å². The second kappa shape index (κ2) is 7.08. The predicted molar refractivity (Wildman–Crippen MR) is 121 cm³/mol. The van der Waals surface area contributed by atoms with Gasteiger partial charge in [-0.15, -0.1) is 0 Å². The van der Waals surface area contributed by atoms with Crippen molar-refractivity contribution in [3.8, 4) is 0 Å². The second-order valence-electron chi connectivity index (χ2n) is 9.98. The van der Waals surface area contributed by atoms with E-state index in [2.05, 4.69) is 40.5 Å². The summed E-state index contributed by atoms with van der Waals surface area (Å²) < 4.78 is 0. The lowest BCUT2D eigenvalue weighted by Crippen LogP contribution is -2.88. The molecule has 5 rings (SSSR count). The van der Waals surface area contributed by atoms with E-state index in [1.807, 2.05) is 12.1 Å². The maximum absolute atomic E-state index is 13.4. The molecule has 1 aromatic carbocycles. The van der Waals surface area contributed by atoms with E-state index < -0.39 is 17.8 Å². The van der Waals surface area contributed by atoms with Crippen molar-refractivity contribution in [2.24, 2.45) is 22.2 Å². The van der Waals surface area contributed by atoms with Crippen LogP contribution in [0.5, 0.6) is 0 Å². The van der Waals surface area contributed by atoms with Gasteiger partial charge < -0.3 is 26.8 Å². The quantitative estimate of drug-likeness (QED) is 0.259. The fourth-order valence-corrected chi connectivity index (χ4v) is 6.11. The zero-order chi connectivity index (χ0) is 22.8. The lowest BCUT2D eigenvalue weighted by atomic mass is 9.71. The molecule has 0 saturated carbocycles. The topological polar surface area (TPSA) is 169 Å². The summed E-state index contributed by atoms with van der Waals surface area (Å²) in [7, 11) is 0. The molecule has 2 unspecified atom stereocenters. The minimum absolute atomic E-state index is 0.0402. The number of guanidine groups is 2. The van der Waals surface area contributed by atoms with Gasteiger partial charge in [-0.05, 0) is 41.9 Å². The molecule has 4 aliphatic rings. The average Bonchev–Trinajstić information content (AvgIpc) is 3.24. The molecule has 32 heavy (non-hydrogen) atoms. The Kier molecular flexibility index (Phi) is 4.65. The molecule has 10 N–H and O–H groups in total. The molecule has 0 bridgehead atoms. The molecule has 0 aromatic heterocycles. The normalized spacial score (nSPS) is 34.6. The van der Waals surface area contributed by atoms with E-state index in [4.69, 9.17) is 17.2 Å². The summed E-state index contributed by atoms with van der Waals surface area (Å²) in [5.41, 5.74) is 20.2. The van der Waals surface area contributed by atoms with Crippen LogP contribution in [0.15, 0.2) is 23.2 Å². The number of nitrogens with one attached hydrogen (secondary N) is 3. The highest BCUT2D eigenvalue weighted by atomic mass is 16.3. The molecule has 172 valence electrons. The van der Waals surface area contributed by atoms with E-state index in [1.165, 1.54) is 5.56 Å². The third-order valence-corrected chi connectivity index (χ3v) is 7.67. The van der Waals surface area contributed by atoms with E-state index in [1.54, 1.807) is 4.90 Å². The van der Waals surface area contributed by atoms with Crippen molar-refractivity contribution < 1.29 is 14.9 Å². The van der Waals surface area contributed by atoms with Gasteiger partial charge in [-0.2, -0.15) is 0 Å². The van der Waals surface area contributed by atoms with Crippen LogP contribution in [0.4, 0.5) is 0 Å². The second-order valence-corrected chi connectivity index (χ2v) is 9.98. The summed E-state index contributed by atoms with van der Waals surface area (Å²) in [6, 6.07) is 4.64. The maximum atomic E-state index is 13.4. The first-order valence-electron chi connectivity index (χ1n) is 11.3. The van der Waals surface area contributed by atoms with Gasteiger partial charge in [0, 0.05) is 18.7 Å². The maximum Gasteiger partial charge on any atom is 0.343 e. The number of hydrogen-bond donors (Lipinski definition) is 7. The highest BCUT2D eigenvalue weighted by molar-refractivity contribution is 5.96. The average molecular weight is 442 g/mol. The number of benzene rings is 1. The summed E-state index contributed by atoms with van der Waals surface area (Å²) in [4.78, 5) is 22.8. The van der Waals surface area contributed by atoms with Gasteiger partial charge in [0.15, 0.2) is 12.0 Å². The van der Waals surface area contributed by atoms with Crippen LogP contribution in [0.2, 0.25) is 0 Å². The molecule has 1 aromatic rings. The van der Waals surface area contributed by atoms with Gasteiger partial charge >= 0.3 is 5.96 Å². The number of carbonyl (C=O) groups excluding carboxylic acids is 1. The van der Waals surface area contributed by atoms with E-state index in [-0.39, 0.29) is 35.9 Å².